The minimum Gasteiger partial charge on any atom is -1.00 e. The summed E-state index contributed by atoms with van der Waals surface area (Å²) in [6.45, 7) is 2.43. The quantitative estimate of drug-likeness (QED) is 0.310. The molecule has 0 aromatic carbocycles. The first kappa shape index (κ1) is 14.9. The maximum atomic E-state index is 10.2. The van der Waals surface area contributed by atoms with Gasteiger partial charge in [-0.15, -0.1) is 0 Å². The fourth-order valence-electron chi connectivity index (χ4n) is 0.733. The first-order chi connectivity index (χ1) is 4.95. The molecule has 3 N–H and O–H groups in total. The van der Waals surface area contributed by atoms with Crippen LogP contribution in [0, 0.1) is 0 Å². The van der Waals surface area contributed by atoms with Crippen molar-refractivity contribution in [2.75, 3.05) is 6.54 Å². The van der Waals surface area contributed by atoms with E-state index in [0.29, 0.717) is 0 Å². The summed E-state index contributed by atoms with van der Waals surface area (Å²) in [5, 5.41) is 26.2. The molecule has 6 heteroatoms. The van der Waals surface area contributed by atoms with Crippen LogP contribution in [0.15, 0.2) is 0 Å². The maximum Gasteiger partial charge on any atom is 1.00 e. The van der Waals surface area contributed by atoms with E-state index in [-0.39, 0.29) is 37.5 Å². The smallest absolute Gasteiger partial charge is 1.00 e. The molecule has 0 aromatic rings. The summed E-state index contributed by atoms with van der Waals surface area (Å²) in [6, 6.07) is 0. The Morgan fingerprint density at radius 2 is 1.75 bits per heavy atom. The summed E-state index contributed by atoms with van der Waals surface area (Å²) in [5.74, 6) is -1.08. The molecule has 0 heterocycles. The summed E-state index contributed by atoms with van der Waals surface area (Å²) in [4.78, 5) is 11.2. The largest absolute Gasteiger partial charge is 1.00 e. The van der Waals surface area contributed by atoms with Gasteiger partial charge in [-0.25, -0.2) is 4.90 Å². The Morgan fingerprint density at radius 1 is 1.42 bits per heavy atom. The molecule has 0 aliphatic rings. The number of aliphatic carboxylic acids is 1. The second kappa shape index (κ2) is 6.82. The van der Waals surface area contributed by atoms with Crippen molar-refractivity contribution in [3.8, 4) is 0 Å². The predicted molar refractivity (Wildman–Crippen MR) is 38.8 cm³/mol. The zero-order valence-corrected chi connectivity index (χ0v) is 9.56. The summed E-state index contributed by atoms with van der Waals surface area (Å²) in [6.07, 6.45) is -1.91. The minimum absolute atomic E-state index is 0. The number of hydrogen-bond donors (Lipinski definition) is 3. The normalized spacial score (nSPS) is 15.1. The van der Waals surface area contributed by atoms with Crippen LogP contribution in [-0.4, -0.2) is 45.2 Å². The van der Waals surface area contributed by atoms with Crippen LogP contribution < -0.4 is 29.6 Å². The third-order valence-electron chi connectivity index (χ3n) is 1.28. The van der Waals surface area contributed by atoms with Crippen LogP contribution >= 0.6 is 0 Å². The molecule has 0 rings (SSSR count). The van der Waals surface area contributed by atoms with Crippen molar-refractivity contribution in [2.45, 2.75) is 26.3 Å². The van der Waals surface area contributed by atoms with E-state index in [4.69, 9.17) is 15.3 Å². The van der Waals surface area contributed by atoms with Crippen molar-refractivity contribution in [3.63, 3.8) is 0 Å². The van der Waals surface area contributed by atoms with Crippen LogP contribution in [0.4, 0.5) is 0 Å². The Balaban J connectivity index is -0.000000500. The standard InChI is InChI=1S/C6H13NO4.Na.H/c1-4(8)7(5(2)9)3-6(10)11;;/h4-5,8-9H,3H2,1-2H3,(H,10,11);;/q;+1;-1. The van der Waals surface area contributed by atoms with E-state index in [2.05, 4.69) is 0 Å². The third-order valence-corrected chi connectivity index (χ3v) is 1.28. The molecule has 5 nitrogen and oxygen atoms in total. The molecule has 0 saturated carbocycles. The molecule has 2 atom stereocenters. The Bertz CT molecular complexity index is 137. The third kappa shape index (κ3) is 5.93. The average Bonchev–Trinajstić information content (AvgIpc) is 1.81. The molecule has 12 heavy (non-hydrogen) atoms. The fourth-order valence-corrected chi connectivity index (χ4v) is 0.733. The van der Waals surface area contributed by atoms with Gasteiger partial charge in [-0.05, 0) is 13.8 Å². The maximum absolute atomic E-state index is 10.2. The summed E-state index contributed by atoms with van der Waals surface area (Å²) >= 11 is 0. The number of aliphatic hydroxyl groups excluding tert-OH is 2. The minimum atomic E-state index is -1.08. The molecule has 68 valence electrons. The molecular formula is C6H14NNaO4. The zero-order chi connectivity index (χ0) is 9.02. The van der Waals surface area contributed by atoms with Crippen molar-refractivity contribution in [3.05, 3.63) is 0 Å². The molecule has 0 aromatic heterocycles. The number of carboxylic acids is 1. The monoisotopic (exact) mass is 187 g/mol. The first-order valence-electron chi connectivity index (χ1n) is 3.29. The van der Waals surface area contributed by atoms with E-state index in [1.165, 1.54) is 13.8 Å². The van der Waals surface area contributed by atoms with Gasteiger partial charge in [0.25, 0.3) is 0 Å². The molecule has 2 unspecified atom stereocenters. The van der Waals surface area contributed by atoms with Gasteiger partial charge in [0.05, 0.1) is 0 Å². The molecule has 0 radical (unpaired) electrons. The van der Waals surface area contributed by atoms with Crippen LogP contribution in [0.1, 0.15) is 15.3 Å². The van der Waals surface area contributed by atoms with Crippen LogP contribution in [-0.2, 0) is 4.79 Å². The Labute approximate surface area is 94.8 Å². The fraction of sp³-hybridized carbons (Fsp3) is 0.833. The van der Waals surface area contributed by atoms with Crippen LogP contribution in [0.3, 0.4) is 0 Å². The van der Waals surface area contributed by atoms with Gasteiger partial charge < -0.3 is 16.7 Å². The summed E-state index contributed by atoms with van der Waals surface area (Å²) in [7, 11) is 0. The van der Waals surface area contributed by atoms with Gasteiger partial charge in [-0.2, -0.15) is 0 Å². The molecule has 0 spiro atoms. The van der Waals surface area contributed by atoms with Crippen molar-refractivity contribution < 1.29 is 51.1 Å². The van der Waals surface area contributed by atoms with Gasteiger partial charge in [0, 0.05) is 0 Å². The van der Waals surface area contributed by atoms with Gasteiger partial charge in [0.1, 0.15) is 19.0 Å². The second-order valence-electron chi connectivity index (χ2n) is 2.33. The van der Waals surface area contributed by atoms with E-state index >= 15 is 0 Å². The molecule has 0 aliphatic carbocycles. The van der Waals surface area contributed by atoms with E-state index in [0.717, 1.165) is 4.90 Å². The van der Waals surface area contributed by atoms with E-state index in [9.17, 15) is 4.79 Å². The van der Waals surface area contributed by atoms with Crippen molar-refractivity contribution in [1.82, 2.24) is 4.90 Å². The van der Waals surface area contributed by atoms with E-state index in [1.54, 1.807) is 0 Å². The number of nitrogens with zero attached hydrogens (tertiary/aromatic N) is 1. The van der Waals surface area contributed by atoms with Crippen molar-refractivity contribution in [1.29, 1.82) is 0 Å². The zero-order valence-electron chi connectivity index (χ0n) is 8.56. The van der Waals surface area contributed by atoms with Crippen LogP contribution in [0.2, 0.25) is 0 Å². The van der Waals surface area contributed by atoms with Gasteiger partial charge in [0.2, 0.25) is 0 Å². The SMILES string of the molecule is CC(O)N(CC(=O)O)C(C)O.[H-].[Na+]. The van der Waals surface area contributed by atoms with Crippen LogP contribution in [0.5, 0.6) is 0 Å². The number of carboxylic acid groups (broad SMARTS) is 1. The number of hydrogen-bond acceptors (Lipinski definition) is 4. The van der Waals surface area contributed by atoms with Gasteiger partial charge in [-0.1, -0.05) is 0 Å². The Hall–Kier alpha value is 0.350. The molecular weight excluding hydrogens is 173 g/mol. The van der Waals surface area contributed by atoms with Gasteiger partial charge in [-0.3, -0.25) is 4.79 Å². The number of carbonyl (C=O) groups is 1. The second-order valence-corrected chi connectivity index (χ2v) is 2.33. The topological polar surface area (TPSA) is 81.0 Å². The summed E-state index contributed by atoms with van der Waals surface area (Å²) < 4.78 is 0. The predicted octanol–water partition coefficient (Wildman–Crippen LogP) is -3.83. The van der Waals surface area contributed by atoms with Crippen molar-refractivity contribution >= 4 is 5.97 Å². The first-order valence-corrected chi connectivity index (χ1v) is 3.29. The van der Waals surface area contributed by atoms with E-state index in [1.807, 2.05) is 0 Å². The molecule has 0 aliphatic heterocycles. The van der Waals surface area contributed by atoms with Crippen molar-refractivity contribution in [2.24, 2.45) is 0 Å². The average molecular weight is 187 g/mol. The van der Waals surface area contributed by atoms with E-state index < -0.39 is 18.4 Å². The molecule has 0 fully saturated rings. The Kier molecular flexibility index (Phi) is 8.44. The molecule has 0 bridgehead atoms. The van der Waals surface area contributed by atoms with Gasteiger partial charge >= 0.3 is 35.5 Å². The van der Waals surface area contributed by atoms with Gasteiger partial charge in [0.15, 0.2) is 0 Å². The summed E-state index contributed by atoms with van der Waals surface area (Å²) in [5.41, 5.74) is 0. The number of aliphatic hydroxyl groups is 2. The Morgan fingerprint density at radius 3 is 1.83 bits per heavy atom. The molecule has 0 amide bonds. The van der Waals surface area contributed by atoms with Crippen LogP contribution in [0.25, 0.3) is 0 Å². The molecule has 0 saturated heterocycles. The number of rotatable bonds is 4.